The molecule has 1 fully saturated rings. The van der Waals surface area contributed by atoms with Crippen LogP contribution in [0.3, 0.4) is 0 Å². The fraction of sp³-hybridized carbons (Fsp3) is 0.636. The first-order valence-corrected chi connectivity index (χ1v) is 6.08. The summed E-state index contributed by atoms with van der Waals surface area (Å²) < 4.78 is 4.79. The van der Waals surface area contributed by atoms with E-state index in [1.807, 2.05) is 0 Å². The van der Waals surface area contributed by atoms with E-state index in [1.54, 1.807) is 11.8 Å². The van der Waals surface area contributed by atoms with Gasteiger partial charge in [-0.15, -0.1) is 0 Å². The van der Waals surface area contributed by atoms with Crippen molar-refractivity contribution < 1.29 is 19.2 Å². The molecule has 2 rings (SSSR count). The summed E-state index contributed by atoms with van der Waals surface area (Å²) in [6, 6.07) is -0.227. The molecule has 104 valence electrons. The third-order valence-corrected chi connectivity index (χ3v) is 3.00. The minimum Gasteiger partial charge on any atom is -0.481 e. The fourth-order valence-corrected chi connectivity index (χ4v) is 2.11. The molecule has 0 radical (unpaired) electrons. The molecule has 19 heavy (non-hydrogen) atoms. The van der Waals surface area contributed by atoms with Crippen molar-refractivity contribution in [2.45, 2.75) is 26.3 Å². The van der Waals surface area contributed by atoms with Crippen LogP contribution in [0, 0.1) is 12.8 Å². The van der Waals surface area contributed by atoms with Gasteiger partial charge in [-0.3, -0.25) is 4.79 Å². The van der Waals surface area contributed by atoms with Crippen LogP contribution in [0.25, 0.3) is 0 Å². The van der Waals surface area contributed by atoms with Gasteiger partial charge in [-0.2, -0.15) is 4.98 Å². The highest BCUT2D eigenvalue weighted by Gasteiger charge is 2.27. The summed E-state index contributed by atoms with van der Waals surface area (Å²) in [6.45, 7) is 2.93. The van der Waals surface area contributed by atoms with Crippen molar-refractivity contribution in [1.29, 1.82) is 0 Å². The van der Waals surface area contributed by atoms with Gasteiger partial charge in [-0.05, 0) is 12.3 Å². The first kappa shape index (κ1) is 13.3. The zero-order valence-electron chi connectivity index (χ0n) is 10.6. The van der Waals surface area contributed by atoms with E-state index in [4.69, 9.17) is 9.63 Å². The Morgan fingerprint density at radius 1 is 1.58 bits per heavy atom. The van der Waals surface area contributed by atoms with Gasteiger partial charge in [0.2, 0.25) is 5.89 Å². The smallest absolute Gasteiger partial charge is 0.317 e. The van der Waals surface area contributed by atoms with Crippen molar-refractivity contribution in [2.75, 3.05) is 13.1 Å². The van der Waals surface area contributed by atoms with E-state index in [0.29, 0.717) is 24.8 Å². The zero-order chi connectivity index (χ0) is 13.8. The lowest BCUT2D eigenvalue weighted by Gasteiger charge is -2.16. The summed E-state index contributed by atoms with van der Waals surface area (Å²) in [7, 11) is 0. The number of carbonyl (C=O) groups is 2. The number of carbonyl (C=O) groups excluding carboxylic acids is 1. The summed E-state index contributed by atoms with van der Waals surface area (Å²) in [5.74, 6) is 0.0873. The molecule has 2 amide bonds. The lowest BCUT2D eigenvalue weighted by Crippen LogP contribution is -2.38. The number of nitrogens with zero attached hydrogens (tertiary/aromatic N) is 3. The maximum Gasteiger partial charge on any atom is 0.317 e. The Labute approximate surface area is 109 Å². The largest absolute Gasteiger partial charge is 0.481 e. The van der Waals surface area contributed by atoms with Gasteiger partial charge in [-0.25, -0.2) is 4.79 Å². The Kier molecular flexibility index (Phi) is 3.98. The average molecular weight is 268 g/mol. The second kappa shape index (κ2) is 5.68. The third kappa shape index (κ3) is 3.67. The molecule has 2 heterocycles. The number of hydrogen-bond acceptors (Lipinski definition) is 5. The zero-order valence-corrected chi connectivity index (χ0v) is 10.6. The first-order valence-electron chi connectivity index (χ1n) is 6.08. The number of likely N-dealkylation sites (tertiary alicyclic amines) is 1. The SMILES string of the molecule is Cc1nc(CNC(=O)N2CCC(CC(=O)O)C2)no1. The van der Waals surface area contributed by atoms with Crippen LogP contribution in [0.5, 0.6) is 0 Å². The molecule has 1 atom stereocenters. The van der Waals surface area contributed by atoms with Gasteiger partial charge in [0.15, 0.2) is 5.82 Å². The van der Waals surface area contributed by atoms with Crippen LogP contribution in [0.2, 0.25) is 0 Å². The minimum absolute atomic E-state index is 0.0377. The third-order valence-electron chi connectivity index (χ3n) is 3.00. The van der Waals surface area contributed by atoms with Crippen molar-refractivity contribution in [1.82, 2.24) is 20.4 Å². The molecule has 0 aromatic carbocycles. The predicted molar refractivity (Wildman–Crippen MR) is 63.2 cm³/mol. The first-order chi connectivity index (χ1) is 9.04. The quantitative estimate of drug-likeness (QED) is 0.817. The molecule has 0 aliphatic carbocycles. The van der Waals surface area contributed by atoms with E-state index in [9.17, 15) is 9.59 Å². The van der Waals surface area contributed by atoms with Crippen LogP contribution in [0.1, 0.15) is 24.6 Å². The molecule has 1 aromatic heterocycles. The van der Waals surface area contributed by atoms with Gasteiger partial charge in [0.25, 0.3) is 0 Å². The molecular formula is C11H16N4O4. The van der Waals surface area contributed by atoms with Gasteiger partial charge in [0.1, 0.15) is 0 Å². The number of aromatic nitrogens is 2. The molecule has 1 unspecified atom stereocenters. The van der Waals surface area contributed by atoms with E-state index in [1.165, 1.54) is 0 Å². The number of amides is 2. The van der Waals surface area contributed by atoms with E-state index in [2.05, 4.69) is 15.5 Å². The van der Waals surface area contributed by atoms with Gasteiger partial charge >= 0.3 is 12.0 Å². The maximum absolute atomic E-state index is 11.8. The van der Waals surface area contributed by atoms with Gasteiger partial charge in [-0.1, -0.05) is 5.16 Å². The lowest BCUT2D eigenvalue weighted by molar-refractivity contribution is -0.138. The van der Waals surface area contributed by atoms with Crippen molar-refractivity contribution in [3.05, 3.63) is 11.7 Å². The number of carboxylic acid groups (broad SMARTS) is 1. The monoisotopic (exact) mass is 268 g/mol. The second-order valence-electron chi connectivity index (χ2n) is 4.59. The molecule has 8 nitrogen and oxygen atoms in total. The number of urea groups is 1. The van der Waals surface area contributed by atoms with Crippen LogP contribution < -0.4 is 5.32 Å². The Hall–Kier alpha value is -2.12. The van der Waals surface area contributed by atoms with Crippen molar-refractivity contribution in [2.24, 2.45) is 5.92 Å². The van der Waals surface area contributed by atoms with Crippen LogP contribution in [-0.2, 0) is 11.3 Å². The lowest BCUT2D eigenvalue weighted by atomic mass is 10.1. The molecule has 2 N–H and O–H groups in total. The van der Waals surface area contributed by atoms with Crippen molar-refractivity contribution in [3.63, 3.8) is 0 Å². The Morgan fingerprint density at radius 3 is 3.00 bits per heavy atom. The number of carboxylic acids is 1. The molecule has 0 spiro atoms. The molecule has 1 aliphatic heterocycles. The van der Waals surface area contributed by atoms with Crippen LogP contribution >= 0.6 is 0 Å². The summed E-state index contributed by atoms with van der Waals surface area (Å²) in [5.41, 5.74) is 0. The number of nitrogens with one attached hydrogen (secondary N) is 1. The van der Waals surface area contributed by atoms with Crippen LogP contribution in [0.15, 0.2) is 4.52 Å². The molecule has 0 saturated carbocycles. The molecule has 8 heteroatoms. The number of aliphatic carboxylic acids is 1. The maximum atomic E-state index is 11.8. The second-order valence-corrected chi connectivity index (χ2v) is 4.59. The number of aryl methyl sites for hydroxylation is 1. The minimum atomic E-state index is -0.825. The number of rotatable bonds is 4. The van der Waals surface area contributed by atoms with E-state index in [0.717, 1.165) is 6.42 Å². The summed E-state index contributed by atoms with van der Waals surface area (Å²) >= 11 is 0. The van der Waals surface area contributed by atoms with E-state index < -0.39 is 5.97 Å². The van der Waals surface area contributed by atoms with E-state index in [-0.39, 0.29) is 24.9 Å². The summed E-state index contributed by atoms with van der Waals surface area (Å²) in [5, 5.41) is 15.1. The van der Waals surface area contributed by atoms with Crippen molar-refractivity contribution >= 4 is 12.0 Å². The van der Waals surface area contributed by atoms with Gasteiger partial charge < -0.3 is 19.8 Å². The van der Waals surface area contributed by atoms with Crippen LogP contribution in [0.4, 0.5) is 4.79 Å². The standard InChI is InChI=1S/C11H16N4O4/c1-7-13-9(14-19-7)5-12-11(18)15-3-2-8(6-15)4-10(16)17/h8H,2-6H2,1H3,(H,12,18)(H,16,17). The molecule has 1 aromatic rings. The van der Waals surface area contributed by atoms with Crippen LogP contribution in [-0.4, -0.2) is 45.2 Å². The Morgan fingerprint density at radius 2 is 2.37 bits per heavy atom. The van der Waals surface area contributed by atoms with E-state index >= 15 is 0 Å². The number of hydrogen-bond donors (Lipinski definition) is 2. The van der Waals surface area contributed by atoms with Gasteiger partial charge in [0.05, 0.1) is 6.54 Å². The molecule has 1 aliphatic rings. The fourth-order valence-electron chi connectivity index (χ4n) is 2.11. The highest BCUT2D eigenvalue weighted by Crippen LogP contribution is 2.19. The predicted octanol–water partition coefficient (Wildman–Crippen LogP) is 0.384. The Balaban J connectivity index is 1.76. The summed E-state index contributed by atoms with van der Waals surface area (Å²) in [4.78, 5) is 28.0. The van der Waals surface area contributed by atoms with Crippen molar-refractivity contribution in [3.8, 4) is 0 Å². The highest BCUT2D eigenvalue weighted by atomic mass is 16.5. The molecule has 0 bridgehead atoms. The summed E-state index contributed by atoms with van der Waals surface area (Å²) in [6.07, 6.45) is 0.828. The molecule has 1 saturated heterocycles. The highest BCUT2D eigenvalue weighted by molar-refractivity contribution is 5.74. The topological polar surface area (TPSA) is 109 Å². The molecular weight excluding hydrogens is 252 g/mol. The Bertz CT molecular complexity index is 473. The van der Waals surface area contributed by atoms with Gasteiger partial charge in [0, 0.05) is 26.4 Å². The normalized spacial score (nSPS) is 18.6. The average Bonchev–Trinajstić information content (AvgIpc) is 2.95.